The molecule has 3 aromatic carbocycles. The van der Waals surface area contributed by atoms with Crippen LogP contribution in [0.2, 0.25) is 0 Å². The van der Waals surface area contributed by atoms with Crippen LogP contribution in [0, 0.1) is 5.82 Å². The number of carbonyl (C=O) groups excluding carboxylic acids is 2. The summed E-state index contributed by atoms with van der Waals surface area (Å²) in [7, 11) is 1.11. The van der Waals surface area contributed by atoms with Gasteiger partial charge in [-0.2, -0.15) is 13.2 Å². The number of aromatic nitrogens is 3. The van der Waals surface area contributed by atoms with E-state index in [1.165, 1.54) is 30.5 Å². The van der Waals surface area contributed by atoms with Crippen molar-refractivity contribution < 1.29 is 31.9 Å². The highest BCUT2D eigenvalue weighted by molar-refractivity contribution is 5.98. The van der Waals surface area contributed by atoms with Crippen molar-refractivity contribution in [3.63, 3.8) is 0 Å². The second kappa shape index (κ2) is 10.7. The first-order valence-corrected chi connectivity index (χ1v) is 12.1. The molecule has 0 aliphatic carbocycles. The van der Waals surface area contributed by atoms with Crippen LogP contribution in [0.15, 0.2) is 79.0 Å². The van der Waals surface area contributed by atoms with Gasteiger partial charge in [-0.05, 0) is 60.2 Å². The number of pyridine rings is 1. The van der Waals surface area contributed by atoms with Crippen LogP contribution >= 0.6 is 0 Å². The average molecular weight is 564 g/mol. The summed E-state index contributed by atoms with van der Waals surface area (Å²) in [6.45, 7) is 0.00626. The van der Waals surface area contributed by atoms with Gasteiger partial charge in [0.15, 0.2) is 0 Å². The van der Waals surface area contributed by atoms with Gasteiger partial charge in [-0.15, -0.1) is 0 Å². The van der Waals surface area contributed by atoms with Crippen LogP contribution in [-0.2, 0) is 17.5 Å². The maximum Gasteiger partial charge on any atom is 0.416 e. The van der Waals surface area contributed by atoms with E-state index in [2.05, 4.69) is 20.0 Å². The predicted molar refractivity (Wildman–Crippen MR) is 143 cm³/mol. The summed E-state index contributed by atoms with van der Waals surface area (Å²) in [4.78, 5) is 33.0. The third-order valence-electron chi connectivity index (χ3n) is 6.36. The summed E-state index contributed by atoms with van der Waals surface area (Å²) in [5, 5.41) is 2.59. The Balaban J connectivity index is 1.47. The summed E-state index contributed by atoms with van der Waals surface area (Å²) in [6.07, 6.45) is -3.07. The van der Waals surface area contributed by atoms with Crippen molar-refractivity contribution in [2.75, 3.05) is 12.8 Å². The minimum Gasteiger partial charge on any atom is -0.465 e. The minimum absolute atomic E-state index is 0.00626. The van der Waals surface area contributed by atoms with Gasteiger partial charge < -0.3 is 15.8 Å². The van der Waals surface area contributed by atoms with E-state index in [1.807, 2.05) is 0 Å². The van der Waals surface area contributed by atoms with E-state index in [9.17, 15) is 27.2 Å². The Hall–Kier alpha value is -5.26. The number of anilines is 1. The molecule has 0 spiro atoms. The van der Waals surface area contributed by atoms with Gasteiger partial charge in [0, 0.05) is 18.4 Å². The van der Waals surface area contributed by atoms with E-state index in [0.717, 1.165) is 19.2 Å². The van der Waals surface area contributed by atoms with E-state index in [-0.39, 0.29) is 29.0 Å². The topological polar surface area (TPSA) is 112 Å². The molecule has 41 heavy (non-hydrogen) atoms. The van der Waals surface area contributed by atoms with E-state index in [4.69, 9.17) is 5.73 Å². The normalized spacial score (nSPS) is 11.4. The lowest BCUT2D eigenvalue weighted by Crippen LogP contribution is -2.24. The fraction of sp³-hybridized carbons (Fsp3) is 0.103. The number of carbonyl (C=O) groups is 2. The molecule has 5 rings (SSSR count). The fourth-order valence-corrected chi connectivity index (χ4v) is 4.32. The first kappa shape index (κ1) is 27.3. The summed E-state index contributed by atoms with van der Waals surface area (Å²) in [5.74, 6) is -2.20. The summed E-state index contributed by atoms with van der Waals surface area (Å²) < 4.78 is 61.4. The molecule has 2 aromatic heterocycles. The van der Waals surface area contributed by atoms with Crippen LogP contribution in [0.3, 0.4) is 0 Å². The molecule has 0 aliphatic heterocycles. The first-order chi connectivity index (χ1) is 19.6. The van der Waals surface area contributed by atoms with Gasteiger partial charge in [-0.1, -0.05) is 18.2 Å². The Labute approximate surface area is 230 Å². The average Bonchev–Trinajstić information content (AvgIpc) is 3.34. The van der Waals surface area contributed by atoms with Crippen LogP contribution in [-0.4, -0.2) is 33.5 Å². The number of imidazole rings is 1. The van der Waals surface area contributed by atoms with Crippen LogP contribution in [0.25, 0.3) is 28.1 Å². The molecular formula is C29H21F4N5O3. The van der Waals surface area contributed by atoms with E-state index < -0.39 is 29.4 Å². The number of amides is 1. The van der Waals surface area contributed by atoms with Crippen molar-refractivity contribution in [2.24, 2.45) is 0 Å². The number of ether oxygens (including phenoxy) is 1. The van der Waals surface area contributed by atoms with Crippen LogP contribution in [0.1, 0.15) is 31.8 Å². The van der Waals surface area contributed by atoms with Crippen LogP contribution in [0.5, 0.6) is 0 Å². The number of methoxy groups -OCH3 is 1. The molecule has 0 radical (unpaired) electrons. The fourth-order valence-electron chi connectivity index (χ4n) is 4.32. The molecular weight excluding hydrogens is 542 g/mol. The number of fused-ring (bicyclic) bond motifs is 1. The maximum atomic E-state index is 14.7. The smallest absolute Gasteiger partial charge is 0.416 e. The molecule has 3 N–H and O–H groups in total. The molecule has 0 atom stereocenters. The molecule has 208 valence electrons. The molecule has 0 saturated heterocycles. The molecule has 2 heterocycles. The Morgan fingerprint density at radius 2 is 1.73 bits per heavy atom. The first-order valence-electron chi connectivity index (χ1n) is 12.1. The lowest BCUT2D eigenvalue weighted by atomic mass is 10.1. The predicted octanol–water partition coefficient (Wildman–Crippen LogP) is 5.54. The highest BCUT2D eigenvalue weighted by Crippen LogP contribution is 2.35. The lowest BCUT2D eigenvalue weighted by molar-refractivity contribution is -0.137. The van der Waals surface area contributed by atoms with Crippen molar-refractivity contribution in [1.29, 1.82) is 0 Å². The Bertz CT molecular complexity index is 1780. The zero-order valence-corrected chi connectivity index (χ0v) is 21.4. The molecule has 0 aliphatic rings. The Morgan fingerprint density at radius 3 is 2.41 bits per heavy atom. The SMILES string of the molecule is COC(=O)c1cccc(C(=O)NCc2ccc(-n3c(-c4cccnc4N)nc4ccc(C(F)(F)F)cc43)cc2)c1F. The number of hydrogen-bond acceptors (Lipinski definition) is 6. The standard InChI is InChI=1S/C29H21F4N5O3/c1-41-28(40)20-5-2-4-19(24(20)30)27(39)36-15-16-7-10-18(11-8-16)38-23-14-17(29(31,32)33)9-12-22(23)37-26(38)21-6-3-13-35-25(21)34/h2-14H,15H2,1H3,(H2,34,35)(H,36,39). The summed E-state index contributed by atoms with van der Waals surface area (Å²) in [6, 6.07) is 17.0. The monoisotopic (exact) mass is 563 g/mol. The number of halogens is 4. The minimum atomic E-state index is -4.56. The number of nitrogen functional groups attached to an aromatic ring is 1. The number of esters is 1. The number of nitrogens with two attached hydrogens (primary N) is 1. The maximum absolute atomic E-state index is 14.7. The van der Waals surface area contributed by atoms with Crippen molar-refractivity contribution in [2.45, 2.75) is 12.7 Å². The van der Waals surface area contributed by atoms with E-state index in [1.54, 1.807) is 41.0 Å². The number of benzene rings is 3. The van der Waals surface area contributed by atoms with Gasteiger partial charge in [0.05, 0.1) is 40.4 Å². The second-order valence-corrected chi connectivity index (χ2v) is 8.92. The third-order valence-corrected chi connectivity index (χ3v) is 6.36. The van der Waals surface area contributed by atoms with Crippen molar-refractivity contribution >= 4 is 28.7 Å². The number of rotatable bonds is 6. The number of nitrogens with one attached hydrogen (secondary N) is 1. The Morgan fingerprint density at radius 1 is 1.00 bits per heavy atom. The van der Waals surface area contributed by atoms with Gasteiger partial charge in [0.25, 0.3) is 5.91 Å². The number of alkyl halides is 3. The lowest BCUT2D eigenvalue weighted by Gasteiger charge is -2.13. The van der Waals surface area contributed by atoms with Crippen LogP contribution in [0.4, 0.5) is 23.4 Å². The van der Waals surface area contributed by atoms with Gasteiger partial charge in [-0.25, -0.2) is 19.2 Å². The molecule has 0 bridgehead atoms. The van der Waals surface area contributed by atoms with Crippen molar-refractivity contribution in [1.82, 2.24) is 19.9 Å². The van der Waals surface area contributed by atoms with Crippen LogP contribution < -0.4 is 11.1 Å². The van der Waals surface area contributed by atoms with E-state index in [0.29, 0.717) is 28.2 Å². The largest absolute Gasteiger partial charge is 0.465 e. The molecule has 8 nitrogen and oxygen atoms in total. The van der Waals surface area contributed by atoms with Gasteiger partial charge in [-0.3, -0.25) is 9.36 Å². The molecule has 0 fully saturated rings. The van der Waals surface area contributed by atoms with Gasteiger partial charge in [0.2, 0.25) is 0 Å². The zero-order chi connectivity index (χ0) is 29.3. The highest BCUT2D eigenvalue weighted by atomic mass is 19.4. The Kier molecular flexibility index (Phi) is 7.14. The van der Waals surface area contributed by atoms with E-state index >= 15 is 0 Å². The summed E-state index contributed by atoms with van der Waals surface area (Å²) >= 11 is 0. The molecule has 5 aromatic rings. The highest BCUT2D eigenvalue weighted by Gasteiger charge is 2.31. The van der Waals surface area contributed by atoms with Gasteiger partial charge >= 0.3 is 12.1 Å². The van der Waals surface area contributed by atoms with Gasteiger partial charge in [0.1, 0.15) is 17.5 Å². The summed E-state index contributed by atoms with van der Waals surface area (Å²) in [5.41, 5.74) is 6.61. The number of hydrogen-bond donors (Lipinski definition) is 2. The molecule has 0 saturated carbocycles. The number of nitrogens with zero attached hydrogens (tertiary/aromatic N) is 3. The van der Waals surface area contributed by atoms with Crippen molar-refractivity contribution in [3.8, 4) is 17.1 Å². The molecule has 12 heteroatoms. The van der Waals surface area contributed by atoms with Crippen molar-refractivity contribution in [3.05, 3.63) is 107 Å². The quantitative estimate of drug-likeness (QED) is 0.207. The molecule has 0 unspecified atom stereocenters. The second-order valence-electron chi connectivity index (χ2n) is 8.92. The third kappa shape index (κ3) is 5.31. The molecule has 1 amide bonds. The zero-order valence-electron chi connectivity index (χ0n) is 21.4.